The van der Waals surface area contributed by atoms with Crippen molar-refractivity contribution in [3.8, 4) is 0 Å². The molecule has 1 aliphatic rings. The summed E-state index contributed by atoms with van der Waals surface area (Å²) in [6.45, 7) is 5.96. The average Bonchev–Trinajstić information content (AvgIpc) is 2.81. The summed E-state index contributed by atoms with van der Waals surface area (Å²) in [6.07, 6.45) is 2.86. The number of hydrogen-bond donors (Lipinski definition) is 1. The van der Waals surface area contributed by atoms with Gasteiger partial charge in [-0.15, -0.1) is 0 Å². The zero-order valence-corrected chi connectivity index (χ0v) is 11.1. The minimum Gasteiger partial charge on any atom is -0.480 e. The first-order valence-electron chi connectivity index (χ1n) is 6.61. The number of benzene rings is 1. The van der Waals surface area contributed by atoms with E-state index >= 15 is 0 Å². The second kappa shape index (κ2) is 5.53. The lowest BCUT2D eigenvalue weighted by atomic mass is 9.96. The normalized spacial score (nSPS) is 17.9. The van der Waals surface area contributed by atoms with Gasteiger partial charge in [-0.1, -0.05) is 18.2 Å². The number of carboxylic acid groups (broad SMARTS) is 1. The topological polar surface area (TPSA) is 40.5 Å². The van der Waals surface area contributed by atoms with Gasteiger partial charge in [-0.05, 0) is 62.9 Å². The maximum absolute atomic E-state index is 11.5. The van der Waals surface area contributed by atoms with E-state index in [2.05, 4.69) is 30.9 Å². The lowest BCUT2D eigenvalue weighted by molar-refractivity contribution is -0.142. The van der Waals surface area contributed by atoms with Crippen LogP contribution in [-0.4, -0.2) is 35.1 Å². The maximum Gasteiger partial charge on any atom is 0.321 e. The van der Waals surface area contributed by atoms with Gasteiger partial charge in [0.15, 0.2) is 0 Å². The lowest BCUT2D eigenvalue weighted by Gasteiger charge is -2.25. The van der Waals surface area contributed by atoms with Gasteiger partial charge in [-0.2, -0.15) is 0 Å². The van der Waals surface area contributed by atoms with Gasteiger partial charge >= 0.3 is 5.97 Å². The Kier molecular flexibility index (Phi) is 4.02. The van der Waals surface area contributed by atoms with Gasteiger partial charge in [0.25, 0.3) is 0 Å². The molecule has 0 radical (unpaired) electrons. The fourth-order valence-corrected chi connectivity index (χ4v) is 2.79. The summed E-state index contributed by atoms with van der Waals surface area (Å²) >= 11 is 0. The molecule has 1 heterocycles. The Bertz CT molecular complexity index is 416. The quantitative estimate of drug-likeness (QED) is 0.888. The monoisotopic (exact) mass is 247 g/mol. The number of hydrogen-bond acceptors (Lipinski definition) is 2. The van der Waals surface area contributed by atoms with Crippen molar-refractivity contribution in [3.05, 3.63) is 34.9 Å². The predicted octanol–water partition coefficient (Wildman–Crippen LogP) is 2.39. The van der Waals surface area contributed by atoms with Gasteiger partial charge in [0.2, 0.25) is 0 Å². The minimum absolute atomic E-state index is 0.368. The molecule has 0 spiro atoms. The molecular formula is C15H21NO2. The highest BCUT2D eigenvalue weighted by Crippen LogP contribution is 2.20. The number of carbonyl (C=O) groups is 1. The van der Waals surface area contributed by atoms with Gasteiger partial charge in [0.05, 0.1) is 0 Å². The molecule has 3 heteroatoms. The van der Waals surface area contributed by atoms with E-state index in [9.17, 15) is 9.90 Å². The molecule has 18 heavy (non-hydrogen) atoms. The molecule has 1 atom stereocenters. The van der Waals surface area contributed by atoms with E-state index < -0.39 is 5.97 Å². The number of carboxylic acids is 1. The van der Waals surface area contributed by atoms with Gasteiger partial charge in [-0.25, -0.2) is 0 Å². The summed E-state index contributed by atoms with van der Waals surface area (Å²) in [7, 11) is 0. The predicted molar refractivity (Wildman–Crippen MR) is 71.9 cm³/mol. The van der Waals surface area contributed by atoms with E-state index in [1.54, 1.807) is 0 Å². The Balaban J connectivity index is 2.20. The summed E-state index contributed by atoms with van der Waals surface area (Å²) in [5.74, 6) is -0.695. The van der Waals surface area contributed by atoms with Crippen LogP contribution in [0, 0.1) is 13.8 Å². The van der Waals surface area contributed by atoms with Crippen LogP contribution in [0.3, 0.4) is 0 Å². The molecular weight excluding hydrogens is 226 g/mol. The third-order valence-corrected chi connectivity index (χ3v) is 3.91. The third-order valence-electron chi connectivity index (χ3n) is 3.91. The fraction of sp³-hybridized carbons (Fsp3) is 0.533. The first-order chi connectivity index (χ1) is 8.59. The Morgan fingerprint density at radius 3 is 2.33 bits per heavy atom. The molecule has 0 amide bonds. The highest BCUT2D eigenvalue weighted by Gasteiger charge is 2.28. The van der Waals surface area contributed by atoms with Crippen LogP contribution >= 0.6 is 0 Å². The molecule has 0 saturated carbocycles. The van der Waals surface area contributed by atoms with Crippen molar-refractivity contribution in [2.75, 3.05) is 13.1 Å². The number of aryl methyl sites for hydroxylation is 2. The molecule has 0 aliphatic carbocycles. The highest BCUT2D eigenvalue weighted by molar-refractivity contribution is 5.74. The van der Waals surface area contributed by atoms with Crippen LogP contribution < -0.4 is 0 Å². The number of likely N-dealkylation sites (tertiary alicyclic amines) is 1. The molecule has 1 fully saturated rings. The van der Waals surface area contributed by atoms with Crippen LogP contribution in [-0.2, 0) is 11.2 Å². The average molecular weight is 247 g/mol. The van der Waals surface area contributed by atoms with Gasteiger partial charge in [0.1, 0.15) is 6.04 Å². The standard InChI is InChI=1S/C15H21NO2/c1-11-6-5-7-12(2)13(11)10-14(15(17)18)16-8-3-4-9-16/h5-7,14H,3-4,8-10H2,1-2H3,(H,17,18). The molecule has 98 valence electrons. The van der Waals surface area contributed by atoms with Gasteiger partial charge in [0, 0.05) is 0 Å². The number of rotatable bonds is 4. The second-order valence-electron chi connectivity index (χ2n) is 5.17. The van der Waals surface area contributed by atoms with Crippen molar-refractivity contribution in [1.29, 1.82) is 0 Å². The zero-order valence-electron chi connectivity index (χ0n) is 11.1. The third kappa shape index (κ3) is 2.72. The van der Waals surface area contributed by atoms with Crippen LogP contribution in [0.15, 0.2) is 18.2 Å². The van der Waals surface area contributed by atoms with Crippen LogP contribution in [0.1, 0.15) is 29.5 Å². The van der Waals surface area contributed by atoms with E-state index in [1.807, 2.05) is 6.07 Å². The first kappa shape index (κ1) is 13.1. The molecule has 0 aromatic heterocycles. The molecule has 2 rings (SSSR count). The van der Waals surface area contributed by atoms with Crippen molar-refractivity contribution in [2.45, 2.75) is 39.2 Å². The molecule has 3 nitrogen and oxygen atoms in total. The summed E-state index contributed by atoms with van der Waals surface area (Å²) in [5, 5.41) is 9.44. The Morgan fingerprint density at radius 2 is 1.83 bits per heavy atom. The zero-order chi connectivity index (χ0) is 13.1. The Morgan fingerprint density at radius 1 is 1.28 bits per heavy atom. The van der Waals surface area contributed by atoms with E-state index in [-0.39, 0.29) is 6.04 Å². The largest absolute Gasteiger partial charge is 0.480 e. The number of aliphatic carboxylic acids is 1. The summed E-state index contributed by atoms with van der Waals surface area (Å²) in [5.41, 5.74) is 3.58. The molecule has 1 aliphatic heterocycles. The molecule has 1 unspecified atom stereocenters. The number of nitrogens with zero attached hydrogens (tertiary/aromatic N) is 1. The lowest BCUT2D eigenvalue weighted by Crippen LogP contribution is -2.41. The van der Waals surface area contributed by atoms with Crippen molar-refractivity contribution in [3.63, 3.8) is 0 Å². The van der Waals surface area contributed by atoms with Crippen LogP contribution in [0.25, 0.3) is 0 Å². The van der Waals surface area contributed by atoms with Crippen molar-refractivity contribution in [1.82, 2.24) is 4.90 Å². The molecule has 1 N–H and O–H groups in total. The van der Waals surface area contributed by atoms with Crippen LogP contribution in [0.4, 0.5) is 0 Å². The summed E-state index contributed by atoms with van der Waals surface area (Å²) < 4.78 is 0. The molecule has 0 bridgehead atoms. The minimum atomic E-state index is -0.695. The van der Waals surface area contributed by atoms with E-state index in [0.717, 1.165) is 25.9 Å². The molecule has 1 saturated heterocycles. The Hall–Kier alpha value is -1.35. The van der Waals surface area contributed by atoms with Crippen LogP contribution in [0.2, 0.25) is 0 Å². The van der Waals surface area contributed by atoms with Crippen molar-refractivity contribution in [2.24, 2.45) is 0 Å². The first-order valence-corrected chi connectivity index (χ1v) is 6.61. The van der Waals surface area contributed by atoms with Crippen molar-refractivity contribution < 1.29 is 9.90 Å². The van der Waals surface area contributed by atoms with Gasteiger partial charge < -0.3 is 5.11 Å². The Labute approximate surface area is 108 Å². The van der Waals surface area contributed by atoms with E-state index in [1.165, 1.54) is 16.7 Å². The molecule has 1 aromatic rings. The van der Waals surface area contributed by atoms with E-state index in [4.69, 9.17) is 0 Å². The van der Waals surface area contributed by atoms with Gasteiger partial charge in [-0.3, -0.25) is 9.69 Å². The fourth-order valence-electron chi connectivity index (χ4n) is 2.79. The van der Waals surface area contributed by atoms with Crippen molar-refractivity contribution >= 4 is 5.97 Å². The highest BCUT2D eigenvalue weighted by atomic mass is 16.4. The summed E-state index contributed by atoms with van der Waals surface area (Å²) in [6, 6.07) is 5.78. The maximum atomic E-state index is 11.5. The molecule has 1 aromatic carbocycles. The summed E-state index contributed by atoms with van der Waals surface area (Å²) in [4.78, 5) is 13.6. The van der Waals surface area contributed by atoms with Crippen LogP contribution in [0.5, 0.6) is 0 Å². The second-order valence-corrected chi connectivity index (χ2v) is 5.17. The van der Waals surface area contributed by atoms with E-state index in [0.29, 0.717) is 6.42 Å². The SMILES string of the molecule is Cc1cccc(C)c1CC(C(=O)O)N1CCCC1. The smallest absolute Gasteiger partial charge is 0.321 e.